The van der Waals surface area contributed by atoms with Crippen LogP contribution in [0.2, 0.25) is 0 Å². The first kappa shape index (κ1) is 18.0. The molecule has 2 N–H and O–H groups in total. The fraction of sp³-hybridized carbons (Fsp3) is 0.526. The summed E-state index contributed by atoms with van der Waals surface area (Å²) in [4.78, 5) is 4.69. The van der Waals surface area contributed by atoms with Gasteiger partial charge in [-0.1, -0.05) is 20.8 Å². The van der Waals surface area contributed by atoms with Gasteiger partial charge in [-0.3, -0.25) is 5.41 Å². The molecule has 0 saturated carbocycles. The van der Waals surface area contributed by atoms with Gasteiger partial charge in [-0.2, -0.15) is 5.26 Å². The van der Waals surface area contributed by atoms with Crippen molar-refractivity contribution in [1.29, 1.82) is 10.7 Å². The van der Waals surface area contributed by atoms with Crippen LogP contribution in [-0.2, 0) is 5.54 Å². The van der Waals surface area contributed by atoms with Crippen LogP contribution in [-0.4, -0.2) is 15.4 Å². The van der Waals surface area contributed by atoms with Crippen molar-refractivity contribution in [3.8, 4) is 6.07 Å². The molecule has 2 aromatic rings. The Bertz CT molecular complexity index is 823. The van der Waals surface area contributed by atoms with Crippen LogP contribution >= 0.6 is 0 Å². The molecule has 0 aliphatic heterocycles. The second-order valence-electron chi connectivity index (χ2n) is 8.55. The van der Waals surface area contributed by atoms with Gasteiger partial charge in [0, 0.05) is 12.0 Å². The van der Waals surface area contributed by atoms with E-state index in [4.69, 9.17) is 5.41 Å². The van der Waals surface area contributed by atoms with E-state index in [1.807, 2.05) is 19.1 Å². The maximum absolute atomic E-state index is 9.32. The molecule has 5 nitrogen and oxygen atoms in total. The Kier molecular flexibility index (Phi) is 4.45. The maximum Gasteiger partial charge on any atom is 0.209 e. The molecule has 0 bridgehead atoms. The predicted octanol–water partition coefficient (Wildman–Crippen LogP) is 4.80. The van der Waals surface area contributed by atoms with E-state index in [2.05, 4.69) is 62.5 Å². The van der Waals surface area contributed by atoms with Gasteiger partial charge in [0.15, 0.2) is 0 Å². The fourth-order valence-electron chi connectivity index (χ4n) is 2.82. The topological polar surface area (TPSA) is 77.5 Å². The Labute approximate surface area is 144 Å². The molecule has 0 fully saturated rings. The number of amidine groups is 1. The second-order valence-corrected chi connectivity index (χ2v) is 8.55. The van der Waals surface area contributed by atoms with Crippen LogP contribution in [0.25, 0.3) is 11.0 Å². The van der Waals surface area contributed by atoms with Crippen molar-refractivity contribution in [2.45, 2.75) is 60.4 Å². The number of fused-ring (bicyclic) bond motifs is 1. The SMILES string of the molecule is Cc1cc2nc(NC(=N)CC(C)(C)C)n(C(C)(C)C)c2cc1C#N. The highest BCUT2D eigenvalue weighted by atomic mass is 15.2. The van der Waals surface area contributed by atoms with Crippen molar-refractivity contribution < 1.29 is 0 Å². The Hall–Kier alpha value is -2.35. The summed E-state index contributed by atoms with van der Waals surface area (Å²) in [6.07, 6.45) is 0.642. The molecular formula is C19H27N5. The smallest absolute Gasteiger partial charge is 0.209 e. The van der Waals surface area contributed by atoms with Gasteiger partial charge in [0.2, 0.25) is 5.95 Å². The first-order chi connectivity index (χ1) is 10.9. The summed E-state index contributed by atoms with van der Waals surface area (Å²) in [5, 5.41) is 20.8. The third-order valence-corrected chi connectivity index (χ3v) is 3.76. The summed E-state index contributed by atoms with van der Waals surface area (Å²) in [6.45, 7) is 14.5. The number of anilines is 1. The van der Waals surface area contributed by atoms with Gasteiger partial charge >= 0.3 is 0 Å². The highest BCUT2D eigenvalue weighted by Gasteiger charge is 2.24. The number of nitriles is 1. The number of nitrogens with one attached hydrogen (secondary N) is 2. The molecule has 0 atom stereocenters. The van der Waals surface area contributed by atoms with Crippen LogP contribution in [0.4, 0.5) is 5.95 Å². The fourth-order valence-corrected chi connectivity index (χ4v) is 2.82. The van der Waals surface area contributed by atoms with Crippen molar-refractivity contribution in [3.63, 3.8) is 0 Å². The van der Waals surface area contributed by atoms with Crippen LogP contribution < -0.4 is 5.32 Å². The second kappa shape index (κ2) is 5.94. The van der Waals surface area contributed by atoms with Crippen LogP contribution in [0, 0.1) is 29.1 Å². The molecule has 0 unspecified atom stereocenters. The standard InChI is InChI=1S/C19H27N5/c1-12-8-14-15(9-13(12)11-20)24(19(5,6)7)17(22-14)23-16(21)10-18(2,3)4/h8-9H,10H2,1-7H3,(H2,21,22,23). The number of hydrogen-bond donors (Lipinski definition) is 2. The minimum Gasteiger partial charge on any atom is -0.314 e. The lowest BCUT2D eigenvalue weighted by atomic mass is 9.92. The molecule has 0 aliphatic carbocycles. The summed E-state index contributed by atoms with van der Waals surface area (Å²) in [7, 11) is 0. The van der Waals surface area contributed by atoms with E-state index in [1.165, 1.54) is 0 Å². The Morgan fingerprint density at radius 3 is 2.38 bits per heavy atom. The summed E-state index contributed by atoms with van der Waals surface area (Å²) >= 11 is 0. The Morgan fingerprint density at radius 2 is 1.88 bits per heavy atom. The lowest BCUT2D eigenvalue weighted by Crippen LogP contribution is -2.27. The van der Waals surface area contributed by atoms with Gasteiger partial charge in [-0.25, -0.2) is 4.98 Å². The van der Waals surface area contributed by atoms with E-state index in [0.29, 0.717) is 23.8 Å². The quantitative estimate of drug-likeness (QED) is 0.615. The third kappa shape index (κ3) is 3.76. The Morgan fingerprint density at radius 1 is 1.25 bits per heavy atom. The van der Waals surface area contributed by atoms with Crippen molar-refractivity contribution in [3.05, 3.63) is 23.3 Å². The highest BCUT2D eigenvalue weighted by Crippen LogP contribution is 2.30. The van der Waals surface area contributed by atoms with Crippen molar-refractivity contribution >= 4 is 22.8 Å². The highest BCUT2D eigenvalue weighted by molar-refractivity contribution is 5.94. The molecule has 1 aromatic heterocycles. The van der Waals surface area contributed by atoms with E-state index in [-0.39, 0.29) is 11.0 Å². The summed E-state index contributed by atoms with van der Waals surface area (Å²) < 4.78 is 2.07. The van der Waals surface area contributed by atoms with Crippen molar-refractivity contribution in [1.82, 2.24) is 9.55 Å². The van der Waals surface area contributed by atoms with E-state index < -0.39 is 0 Å². The van der Waals surface area contributed by atoms with Crippen molar-refractivity contribution in [2.24, 2.45) is 5.41 Å². The Balaban J connectivity index is 2.58. The monoisotopic (exact) mass is 325 g/mol. The van der Waals surface area contributed by atoms with Crippen LogP contribution in [0.15, 0.2) is 12.1 Å². The maximum atomic E-state index is 9.32. The molecule has 0 amide bonds. The third-order valence-electron chi connectivity index (χ3n) is 3.76. The van der Waals surface area contributed by atoms with E-state index >= 15 is 0 Å². The number of aryl methyl sites for hydroxylation is 1. The van der Waals surface area contributed by atoms with Gasteiger partial charge in [-0.15, -0.1) is 0 Å². The first-order valence-corrected chi connectivity index (χ1v) is 8.20. The zero-order valence-electron chi connectivity index (χ0n) is 15.7. The number of nitrogens with zero attached hydrogens (tertiary/aromatic N) is 3. The summed E-state index contributed by atoms with van der Waals surface area (Å²) in [5.74, 6) is 1.10. The van der Waals surface area contributed by atoms with E-state index in [0.717, 1.165) is 16.6 Å². The number of rotatable bonds is 2. The van der Waals surface area contributed by atoms with Gasteiger partial charge in [0.25, 0.3) is 0 Å². The van der Waals surface area contributed by atoms with E-state index in [1.54, 1.807) is 0 Å². The molecule has 0 radical (unpaired) electrons. The van der Waals surface area contributed by atoms with Gasteiger partial charge < -0.3 is 9.88 Å². The molecule has 1 heterocycles. The van der Waals surface area contributed by atoms with Gasteiger partial charge in [-0.05, 0) is 50.8 Å². The average Bonchev–Trinajstić information content (AvgIpc) is 2.71. The normalized spacial score (nSPS) is 12.2. The van der Waals surface area contributed by atoms with Gasteiger partial charge in [0.05, 0.1) is 22.7 Å². The minimum absolute atomic E-state index is 0.0349. The van der Waals surface area contributed by atoms with Crippen molar-refractivity contribution in [2.75, 3.05) is 5.32 Å². The molecule has 0 aliphatic rings. The lowest BCUT2D eigenvalue weighted by molar-refractivity contribution is 0.413. The molecule has 5 heteroatoms. The first-order valence-electron chi connectivity index (χ1n) is 8.20. The van der Waals surface area contributed by atoms with Gasteiger partial charge in [0.1, 0.15) is 5.84 Å². The minimum atomic E-state index is -0.221. The average molecular weight is 325 g/mol. The summed E-state index contributed by atoms with van der Waals surface area (Å²) in [6, 6.07) is 6.07. The zero-order valence-corrected chi connectivity index (χ0v) is 15.7. The predicted molar refractivity (Wildman–Crippen MR) is 99.6 cm³/mol. The zero-order chi connectivity index (χ0) is 18.3. The molecule has 0 spiro atoms. The number of hydrogen-bond acceptors (Lipinski definition) is 3. The molecule has 0 saturated heterocycles. The number of imidazole rings is 1. The van der Waals surface area contributed by atoms with Crippen LogP contribution in [0.3, 0.4) is 0 Å². The number of aromatic nitrogens is 2. The number of benzene rings is 1. The van der Waals surface area contributed by atoms with E-state index in [9.17, 15) is 5.26 Å². The molecule has 24 heavy (non-hydrogen) atoms. The molecule has 128 valence electrons. The summed E-state index contributed by atoms with van der Waals surface area (Å²) in [5.41, 5.74) is 3.14. The largest absolute Gasteiger partial charge is 0.314 e. The molecule has 1 aromatic carbocycles. The molecular weight excluding hydrogens is 298 g/mol. The van der Waals surface area contributed by atoms with Crippen LogP contribution in [0.5, 0.6) is 0 Å². The molecule has 2 rings (SSSR count). The lowest BCUT2D eigenvalue weighted by Gasteiger charge is -2.26. The van der Waals surface area contributed by atoms with Crippen LogP contribution in [0.1, 0.15) is 59.1 Å².